The predicted molar refractivity (Wildman–Crippen MR) is 92.2 cm³/mol. The van der Waals surface area contributed by atoms with Gasteiger partial charge < -0.3 is 19.4 Å². The molecular formula is C18H25N3O3. The number of amides is 2. The van der Waals surface area contributed by atoms with E-state index in [0.717, 1.165) is 26.2 Å². The fourth-order valence-corrected chi connectivity index (χ4v) is 3.29. The van der Waals surface area contributed by atoms with Gasteiger partial charge in [-0.05, 0) is 31.0 Å². The van der Waals surface area contributed by atoms with Gasteiger partial charge in [-0.2, -0.15) is 0 Å². The zero-order valence-corrected chi connectivity index (χ0v) is 14.5. The van der Waals surface area contributed by atoms with Gasteiger partial charge in [0.1, 0.15) is 6.61 Å². The van der Waals surface area contributed by atoms with Gasteiger partial charge in [0.05, 0.1) is 6.54 Å². The Morgan fingerprint density at radius 2 is 1.88 bits per heavy atom. The van der Waals surface area contributed by atoms with E-state index in [4.69, 9.17) is 4.74 Å². The molecular weight excluding hydrogens is 306 g/mol. The molecule has 2 aliphatic heterocycles. The van der Waals surface area contributed by atoms with E-state index >= 15 is 0 Å². The lowest BCUT2D eigenvalue weighted by atomic mass is 10.1. The van der Waals surface area contributed by atoms with Crippen LogP contribution in [0, 0.1) is 13.8 Å². The Labute approximate surface area is 143 Å². The summed E-state index contributed by atoms with van der Waals surface area (Å²) in [6, 6.07) is 6.37. The lowest BCUT2D eigenvalue weighted by Gasteiger charge is -2.37. The summed E-state index contributed by atoms with van der Waals surface area (Å²) in [5, 5.41) is 0. The number of piperazine rings is 1. The first-order chi connectivity index (χ1) is 11.6. The number of carbonyl (C=O) groups is 2. The quantitative estimate of drug-likeness (QED) is 0.844. The van der Waals surface area contributed by atoms with Crippen molar-refractivity contribution in [2.45, 2.75) is 20.3 Å². The van der Waals surface area contributed by atoms with Crippen molar-refractivity contribution in [2.75, 3.05) is 50.8 Å². The molecule has 6 heteroatoms. The molecule has 1 aromatic carbocycles. The maximum Gasteiger partial charge on any atom is 0.409 e. The molecule has 1 aromatic rings. The van der Waals surface area contributed by atoms with Crippen molar-refractivity contribution in [3.05, 3.63) is 29.3 Å². The van der Waals surface area contributed by atoms with Crippen LogP contribution in [-0.4, -0.2) is 67.7 Å². The largest absolute Gasteiger partial charge is 0.448 e. The van der Waals surface area contributed by atoms with Crippen molar-refractivity contribution in [1.82, 2.24) is 9.80 Å². The standard InChI is InChI=1S/C18H25N3O3/c1-14-4-3-5-16(15(14)2)19-8-10-20(11-9-19)17(22)6-7-21-12-13-24-18(21)23/h3-5H,6-13H2,1-2H3. The highest BCUT2D eigenvalue weighted by atomic mass is 16.6. The minimum absolute atomic E-state index is 0.121. The first kappa shape index (κ1) is 16.6. The van der Waals surface area contributed by atoms with Gasteiger partial charge in [0.25, 0.3) is 0 Å². The summed E-state index contributed by atoms with van der Waals surface area (Å²) in [6.45, 7) is 8.92. The molecule has 0 saturated carbocycles. The van der Waals surface area contributed by atoms with Gasteiger partial charge in [0.15, 0.2) is 0 Å². The van der Waals surface area contributed by atoms with Crippen molar-refractivity contribution < 1.29 is 14.3 Å². The highest BCUT2D eigenvalue weighted by molar-refractivity contribution is 5.78. The molecule has 0 aromatic heterocycles. The first-order valence-corrected chi connectivity index (χ1v) is 8.57. The van der Waals surface area contributed by atoms with E-state index in [1.165, 1.54) is 16.8 Å². The normalized spacial score (nSPS) is 18.1. The van der Waals surface area contributed by atoms with Crippen molar-refractivity contribution in [3.63, 3.8) is 0 Å². The minimum Gasteiger partial charge on any atom is -0.448 e. The van der Waals surface area contributed by atoms with Crippen molar-refractivity contribution in [1.29, 1.82) is 0 Å². The number of anilines is 1. The lowest BCUT2D eigenvalue weighted by Crippen LogP contribution is -2.49. The molecule has 0 bridgehead atoms. The van der Waals surface area contributed by atoms with Gasteiger partial charge in [0.2, 0.25) is 5.91 Å². The zero-order valence-electron chi connectivity index (χ0n) is 14.5. The Morgan fingerprint density at radius 1 is 1.12 bits per heavy atom. The van der Waals surface area contributed by atoms with Gasteiger partial charge in [-0.3, -0.25) is 4.79 Å². The summed E-state index contributed by atoms with van der Waals surface area (Å²) in [7, 11) is 0. The second-order valence-electron chi connectivity index (χ2n) is 6.44. The molecule has 24 heavy (non-hydrogen) atoms. The highest BCUT2D eigenvalue weighted by Gasteiger charge is 2.25. The molecule has 2 fully saturated rings. The van der Waals surface area contributed by atoms with Gasteiger partial charge in [-0.15, -0.1) is 0 Å². The maximum atomic E-state index is 12.4. The van der Waals surface area contributed by atoms with Crippen LogP contribution in [0.25, 0.3) is 0 Å². The van der Waals surface area contributed by atoms with Crippen LogP contribution in [0.4, 0.5) is 10.5 Å². The maximum absolute atomic E-state index is 12.4. The number of nitrogens with zero attached hydrogens (tertiary/aromatic N) is 3. The fraction of sp³-hybridized carbons (Fsp3) is 0.556. The second kappa shape index (κ2) is 7.11. The molecule has 2 saturated heterocycles. The van der Waals surface area contributed by atoms with Crippen LogP contribution < -0.4 is 4.90 Å². The monoisotopic (exact) mass is 331 g/mol. The van der Waals surface area contributed by atoms with Crippen molar-refractivity contribution in [3.8, 4) is 0 Å². The van der Waals surface area contributed by atoms with Crippen LogP contribution >= 0.6 is 0 Å². The molecule has 2 aliphatic rings. The molecule has 0 unspecified atom stereocenters. The Hall–Kier alpha value is -2.24. The third-order valence-corrected chi connectivity index (χ3v) is 4.99. The second-order valence-corrected chi connectivity index (χ2v) is 6.44. The average molecular weight is 331 g/mol. The Bertz CT molecular complexity index is 624. The number of benzene rings is 1. The van der Waals surface area contributed by atoms with Crippen molar-refractivity contribution in [2.24, 2.45) is 0 Å². The third kappa shape index (κ3) is 3.47. The molecule has 0 N–H and O–H groups in total. The number of rotatable bonds is 4. The number of cyclic esters (lactones) is 1. The van der Waals surface area contributed by atoms with Crippen LogP contribution in [0.15, 0.2) is 18.2 Å². The summed E-state index contributed by atoms with van der Waals surface area (Å²) < 4.78 is 4.88. The average Bonchev–Trinajstić information content (AvgIpc) is 3.00. The number of hydrogen-bond acceptors (Lipinski definition) is 4. The van der Waals surface area contributed by atoms with Crippen LogP contribution in [0.1, 0.15) is 17.5 Å². The molecule has 0 aliphatic carbocycles. The van der Waals surface area contributed by atoms with Crippen LogP contribution in [0.2, 0.25) is 0 Å². The molecule has 2 heterocycles. The van der Waals surface area contributed by atoms with Gasteiger partial charge in [0, 0.05) is 44.8 Å². The number of carbonyl (C=O) groups excluding carboxylic acids is 2. The van der Waals surface area contributed by atoms with Crippen LogP contribution in [0.5, 0.6) is 0 Å². The molecule has 130 valence electrons. The van der Waals surface area contributed by atoms with E-state index in [-0.39, 0.29) is 12.0 Å². The predicted octanol–water partition coefficient (Wildman–Crippen LogP) is 1.79. The van der Waals surface area contributed by atoms with Crippen LogP contribution in [-0.2, 0) is 9.53 Å². The van der Waals surface area contributed by atoms with Gasteiger partial charge >= 0.3 is 6.09 Å². The smallest absolute Gasteiger partial charge is 0.409 e. The Balaban J connectivity index is 1.50. The zero-order chi connectivity index (χ0) is 17.1. The van der Waals surface area contributed by atoms with E-state index in [1.54, 1.807) is 4.90 Å². The molecule has 0 radical (unpaired) electrons. The lowest BCUT2D eigenvalue weighted by molar-refractivity contribution is -0.131. The summed E-state index contributed by atoms with van der Waals surface area (Å²) in [5.74, 6) is 0.121. The van der Waals surface area contributed by atoms with Gasteiger partial charge in [-0.1, -0.05) is 12.1 Å². The summed E-state index contributed by atoms with van der Waals surface area (Å²) in [4.78, 5) is 29.6. The molecule has 3 rings (SSSR count). The van der Waals surface area contributed by atoms with E-state index in [2.05, 4.69) is 36.9 Å². The van der Waals surface area contributed by atoms with Crippen molar-refractivity contribution >= 4 is 17.7 Å². The Morgan fingerprint density at radius 3 is 2.54 bits per heavy atom. The molecule has 6 nitrogen and oxygen atoms in total. The summed E-state index contributed by atoms with van der Waals surface area (Å²) >= 11 is 0. The first-order valence-electron chi connectivity index (χ1n) is 8.57. The van der Waals surface area contributed by atoms with Gasteiger partial charge in [-0.25, -0.2) is 4.79 Å². The van der Waals surface area contributed by atoms with E-state index < -0.39 is 0 Å². The van der Waals surface area contributed by atoms with E-state index in [9.17, 15) is 9.59 Å². The van der Waals surface area contributed by atoms with E-state index in [1.807, 2.05) is 4.90 Å². The topological polar surface area (TPSA) is 53.1 Å². The summed E-state index contributed by atoms with van der Waals surface area (Å²) in [5.41, 5.74) is 3.87. The molecule has 0 atom stereocenters. The summed E-state index contributed by atoms with van der Waals surface area (Å²) in [6.07, 6.45) is 0.0704. The molecule has 2 amide bonds. The highest BCUT2D eigenvalue weighted by Crippen LogP contribution is 2.24. The minimum atomic E-state index is -0.303. The fourth-order valence-electron chi connectivity index (χ4n) is 3.29. The van der Waals surface area contributed by atoms with E-state index in [0.29, 0.717) is 26.1 Å². The number of hydrogen-bond donors (Lipinski definition) is 0. The molecule has 0 spiro atoms. The third-order valence-electron chi connectivity index (χ3n) is 4.99. The Kier molecular flexibility index (Phi) is 4.92. The number of ether oxygens (including phenoxy) is 1. The van der Waals surface area contributed by atoms with Crippen LogP contribution in [0.3, 0.4) is 0 Å². The number of aryl methyl sites for hydroxylation is 1. The SMILES string of the molecule is Cc1cccc(N2CCN(C(=O)CCN3CCOC3=O)CC2)c1C.